The second-order valence-electron chi connectivity index (χ2n) is 3.12. The van der Waals surface area contributed by atoms with Crippen molar-refractivity contribution in [1.82, 2.24) is 0 Å². The van der Waals surface area contributed by atoms with Gasteiger partial charge in [0.05, 0.1) is 12.0 Å². The zero-order valence-corrected chi connectivity index (χ0v) is 10.1. The van der Waals surface area contributed by atoms with Gasteiger partial charge in [-0.1, -0.05) is 18.2 Å². The zero-order valence-electron chi connectivity index (χ0n) is 8.56. The van der Waals surface area contributed by atoms with Gasteiger partial charge in [0, 0.05) is 0 Å². The molecule has 1 atom stereocenters. The number of hydrogen-bond acceptors (Lipinski definition) is 4. The van der Waals surface area contributed by atoms with E-state index >= 15 is 0 Å². The molecule has 0 heterocycles. The highest BCUT2D eigenvalue weighted by Gasteiger charge is 2.24. The van der Waals surface area contributed by atoms with Gasteiger partial charge in [-0.05, 0) is 35.3 Å². The second-order valence-corrected chi connectivity index (χ2v) is 3.92. The van der Waals surface area contributed by atoms with Crippen LogP contribution in [0, 0.1) is 0 Å². The minimum absolute atomic E-state index is 0.262. The molecule has 0 unspecified atom stereocenters. The first-order valence-corrected chi connectivity index (χ1v) is 5.40. The van der Waals surface area contributed by atoms with E-state index in [1.54, 1.807) is 18.2 Å². The number of hydrogen-bond donors (Lipinski definition) is 0. The highest BCUT2D eigenvalue weighted by Crippen LogP contribution is 2.10. The standard InChI is InChI=1S/C11H8Cl2O4/c12-9(14)6-8(10(13)15)17-11(16)7-4-2-1-3-5-7/h1-5,8H,6H2/t8-/m0/s1. The van der Waals surface area contributed by atoms with Crippen LogP contribution in [0.3, 0.4) is 0 Å². The predicted molar refractivity (Wildman–Crippen MR) is 62.0 cm³/mol. The zero-order chi connectivity index (χ0) is 12.8. The van der Waals surface area contributed by atoms with E-state index in [0.717, 1.165) is 0 Å². The van der Waals surface area contributed by atoms with E-state index in [9.17, 15) is 14.4 Å². The number of halogens is 2. The van der Waals surface area contributed by atoms with Crippen LogP contribution < -0.4 is 0 Å². The Labute approximate surface area is 107 Å². The quantitative estimate of drug-likeness (QED) is 0.610. The monoisotopic (exact) mass is 274 g/mol. The van der Waals surface area contributed by atoms with E-state index in [1.165, 1.54) is 12.1 Å². The Bertz CT molecular complexity index is 430. The van der Waals surface area contributed by atoms with Crippen LogP contribution in [0.2, 0.25) is 0 Å². The molecule has 0 aromatic heterocycles. The van der Waals surface area contributed by atoms with E-state index in [0.29, 0.717) is 0 Å². The third-order valence-electron chi connectivity index (χ3n) is 1.86. The first-order chi connectivity index (χ1) is 8.00. The molecule has 0 fully saturated rings. The number of rotatable bonds is 5. The molecule has 6 heteroatoms. The van der Waals surface area contributed by atoms with Crippen LogP contribution >= 0.6 is 23.2 Å². The fourth-order valence-electron chi connectivity index (χ4n) is 1.09. The minimum Gasteiger partial charge on any atom is -0.449 e. The Balaban J connectivity index is 2.71. The number of benzene rings is 1. The molecule has 0 amide bonds. The molecule has 4 nitrogen and oxygen atoms in total. The molecular weight excluding hydrogens is 267 g/mol. The summed E-state index contributed by atoms with van der Waals surface area (Å²) in [6.45, 7) is 0. The molecule has 0 N–H and O–H groups in total. The number of ether oxygens (including phenoxy) is 1. The molecule has 0 aliphatic rings. The van der Waals surface area contributed by atoms with Gasteiger partial charge in [0.1, 0.15) is 0 Å². The topological polar surface area (TPSA) is 60.4 Å². The Morgan fingerprint density at radius 1 is 1.12 bits per heavy atom. The van der Waals surface area contributed by atoms with Crippen LogP contribution in [0.15, 0.2) is 30.3 Å². The maximum atomic E-state index is 11.6. The largest absolute Gasteiger partial charge is 0.449 e. The van der Waals surface area contributed by atoms with Gasteiger partial charge in [-0.3, -0.25) is 9.59 Å². The summed E-state index contributed by atoms with van der Waals surface area (Å²) in [5.74, 6) is -0.734. The van der Waals surface area contributed by atoms with E-state index in [4.69, 9.17) is 27.9 Å². The molecule has 0 saturated carbocycles. The average Bonchev–Trinajstić information content (AvgIpc) is 2.28. The average molecular weight is 275 g/mol. The van der Waals surface area contributed by atoms with Crippen molar-refractivity contribution in [2.75, 3.05) is 0 Å². The van der Waals surface area contributed by atoms with Crippen LogP contribution in [0.4, 0.5) is 0 Å². The van der Waals surface area contributed by atoms with E-state index < -0.39 is 29.0 Å². The molecule has 90 valence electrons. The Hall–Kier alpha value is -1.39. The van der Waals surface area contributed by atoms with Crippen LogP contribution in [-0.2, 0) is 14.3 Å². The van der Waals surface area contributed by atoms with Crippen molar-refractivity contribution >= 4 is 39.7 Å². The van der Waals surface area contributed by atoms with Crippen molar-refractivity contribution in [3.05, 3.63) is 35.9 Å². The molecule has 0 radical (unpaired) electrons. The van der Waals surface area contributed by atoms with Gasteiger partial charge in [0.25, 0.3) is 5.24 Å². The molecular formula is C11H8Cl2O4. The van der Waals surface area contributed by atoms with E-state index in [2.05, 4.69) is 0 Å². The lowest BCUT2D eigenvalue weighted by atomic mass is 10.2. The molecule has 1 rings (SSSR count). The first kappa shape index (κ1) is 13.7. The van der Waals surface area contributed by atoms with Gasteiger partial charge < -0.3 is 4.74 Å². The van der Waals surface area contributed by atoms with Crippen molar-refractivity contribution in [3.8, 4) is 0 Å². The van der Waals surface area contributed by atoms with Crippen molar-refractivity contribution < 1.29 is 19.1 Å². The minimum atomic E-state index is -1.35. The lowest BCUT2D eigenvalue weighted by Crippen LogP contribution is -2.25. The molecule has 17 heavy (non-hydrogen) atoms. The number of esters is 1. The highest BCUT2D eigenvalue weighted by atomic mass is 35.5. The summed E-state index contributed by atoms with van der Waals surface area (Å²) in [5, 5.41) is -1.74. The van der Waals surface area contributed by atoms with Crippen LogP contribution in [0.1, 0.15) is 16.8 Å². The van der Waals surface area contributed by atoms with Crippen molar-refractivity contribution in [3.63, 3.8) is 0 Å². The van der Waals surface area contributed by atoms with E-state index in [-0.39, 0.29) is 5.56 Å². The smallest absolute Gasteiger partial charge is 0.338 e. The maximum absolute atomic E-state index is 11.6. The normalized spacial score (nSPS) is 11.6. The summed E-state index contributed by atoms with van der Waals surface area (Å²) >= 11 is 10.3. The maximum Gasteiger partial charge on any atom is 0.338 e. The Morgan fingerprint density at radius 2 is 1.71 bits per heavy atom. The fraction of sp³-hybridized carbons (Fsp3) is 0.182. The summed E-state index contributed by atoms with van der Waals surface area (Å²) < 4.78 is 4.78. The summed E-state index contributed by atoms with van der Waals surface area (Å²) in [4.78, 5) is 33.1. The molecule has 0 saturated heterocycles. The summed E-state index contributed by atoms with van der Waals surface area (Å²) in [5.41, 5.74) is 0.262. The van der Waals surface area contributed by atoms with Crippen molar-refractivity contribution in [2.24, 2.45) is 0 Å². The fourth-order valence-corrected chi connectivity index (χ4v) is 1.35. The lowest BCUT2D eigenvalue weighted by Gasteiger charge is -2.11. The van der Waals surface area contributed by atoms with Crippen LogP contribution in [0.25, 0.3) is 0 Å². The Kier molecular flexibility index (Phi) is 5.12. The second kappa shape index (κ2) is 6.37. The summed E-state index contributed by atoms with van der Waals surface area (Å²) in [6, 6.07) is 8.03. The van der Waals surface area contributed by atoms with E-state index in [1.807, 2.05) is 0 Å². The summed E-state index contributed by atoms with van der Waals surface area (Å²) in [7, 11) is 0. The third-order valence-corrected chi connectivity index (χ3v) is 2.26. The molecule has 1 aromatic rings. The lowest BCUT2D eigenvalue weighted by molar-refractivity contribution is -0.124. The van der Waals surface area contributed by atoms with Gasteiger partial charge in [-0.15, -0.1) is 0 Å². The van der Waals surface area contributed by atoms with Gasteiger partial charge >= 0.3 is 5.97 Å². The van der Waals surface area contributed by atoms with Gasteiger partial charge in [0.2, 0.25) is 5.24 Å². The Morgan fingerprint density at radius 3 is 2.18 bits per heavy atom. The van der Waals surface area contributed by atoms with Crippen molar-refractivity contribution in [2.45, 2.75) is 12.5 Å². The van der Waals surface area contributed by atoms with Gasteiger partial charge in [0.15, 0.2) is 6.10 Å². The molecule has 0 aliphatic heterocycles. The SMILES string of the molecule is O=C(Cl)C[C@H](OC(=O)c1ccccc1)C(=O)Cl. The van der Waals surface area contributed by atoms with Crippen LogP contribution in [0.5, 0.6) is 0 Å². The predicted octanol–water partition coefficient (Wildman–Crippen LogP) is 2.13. The molecule has 1 aromatic carbocycles. The molecule has 0 aliphatic carbocycles. The molecule has 0 spiro atoms. The van der Waals surface area contributed by atoms with Crippen molar-refractivity contribution in [1.29, 1.82) is 0 Å². The van der Waals surface area contributed by atoms with Gasteiger partial charge in [-0.25, -0.2) is 4.79 Å². The number of carbonyl (C=O) groups excluding carboxylic acids is 3. The third kappa shape index (κ3) is 4.54. The molecule has 0 bridgehead atoms. The summed E-state index contributed by atoms with van der Waals surface area (Å²) in [6.07, 6.45) is -1.79. The number of carbonyl (C=O) groups is 3. The van der Waals surface area contributed by atoms with Crippen LogP contribution in [-0.4, -0.2) is 22.6 Å². The van der Waals surface area contributed by atoms with Gasteiger partial charge in [-0.2, -0.15) is 0 Å². The first-order valence-electron chi connectivity index (χ1n) is 4.64. The highest BCUT2D eigenvalue weighted by molar-refractivity contribution is 6.67.